The van der Waals surface area contributed by atoms with Gasteiger partial charge in [-0.05, 0) is 25.7 Å². The maximum absolute atomic E-state index is 10.2. The van der Waals surface area contributed by atoms with Crippen LogP contribution < -0.4 is 0 Å². The molecule has 0 aromatic heterocycles. The van der Waals surface area contributed by atoms with Gasteiger partial charge >= 0.3 is 0 Å². The Balaban J connectivity index is 1.43. The van der Waals surface area contributed by atoms with Crippen molar-refractivity contribution < 1.29 is 19.3 Å². The Morgan fingerprint density at radius 2 is 1.82 bits per heavy atom. The Labute approximate surface area is 171 Å². The van der Waals surface area contributed by atoms with Gasteiger partial charge in [0, 0.05) is 58.2 Å². The number of aliphatic hydroxyl groups is 1. The van der Waals surface area contributed by atoms with Crippen molar-refractivity contribution >= 4 is 5.71 Å². The van der Waals surface area contributed by atoms with Crippen LogP contribution in [0.15, 0.2) is 4.99 Å². The Morgan fingerprint density at radius 1 is 1.14 bits per heavy atom. The molecule has 28 heavy (non-hydrogen) atoms. The summed E-state index contributed by atoms with van der Waals surface area (Å²) in [5.41, 5.74) is 1.26. The minimum atomic E-state index is -0.421. The molecule has 0 spiro atoms. The first-order chi connectivity index (χ1) is 13.5. The lowest BCUT2D eigenvalue weighted by atomic mass is 10.1. The van der Waals surface area contributed by atoms with E-state index >= 15 is 0 Å². The monoisotopic (exact) mass is 399 g/mol. The first-order valence-corrected chi connectivity index (χ1v) is 10.9. The van der Waals surface area contributed by atoms with E-state index in [1.54, 1.807) is 0 Å². The van der Waals surface area contributed by atoms with Gasteiger partial charge in [0.1, 0.15) is 6.10 Å². The highest BCUT2D eigenvalue weighted by atomic mass is 16.6. The summed E-state index contributed by atoms with van der Waals surface area (Å²) in [6, 6.07) is 0. The molecule has 0 saturated carbocycles. The predicted molar refractivity (Wildman–Crippen MR) is 112 cm³/mol. The van der Waals surface area contributed by atoms with Gasteiger partial charge < -0.3 is 19.3 Å². The van der Waals surface area contributed by atoms with Crippen molar-refractivity contribution in [3.63, 3.8) is 0 Å². The molecular weight excluding hydrogens is 358 g/mol. The quantitative estimate of drug-likeness (QED) is 0.254. The molecule has 2 unspecified atom stereocenters. The molecule has 0 bridgehead atoms. The molecule has 2 aliphatic rings. The zero-order valence-electron chi connectivity index (χ0n) is 18.1. The van der Waals surface area contributed by atoms with Crippen LogP contribution in [0.3, 0.4) is 0 Å². The molecule has 2 atom stereocenters. The number of ether oxygens (including phenoxy) is 3. The van der Waals surface area contributed by atoms with E-state index in [1.165, 1.54) is 5.71 Å². The Morgan fingerprint density at radius 3 is 2.50 bits per heavy atom. The third-order valence-corrected chi connectivity index (χ3v) is 5.03. The topological polar surface area (TPSA) is 70.1 Å². The van der Waals surface area contributed by atoms with Crippen LogP contribution in [0.2, 0.25) is 0 Å². The van der Waals surface area contributed by atoms with Crippen molar-refractivity contribution in [3.05, 3.63) is 0 Å². The van der Waals surface area contributed by atoms with Crippen molar-refractivity contribution in [1.29, 1.82) is 0 Å². The molecule has 2 saturated heterocycles. The minimum Gasteiger partial charge on any atom is -0.389 e. The first-order valence-electron chi connectivity index (χ1n) is 10.9. The summed E-state index contributed by atoms with van der Waals surface area (Å²) in [5.74, 6) is 0.679. The smallest absolute Gasteiger partial charge is 0.104 e. The standard InChI is InChI=1S/C21H41N3O4/c1-18(2)13-19(3)22-5-6-23-7-9-24(10-8-23)14-20(25)15-26-11-4-12-27-16-21-17-28-21/h18,20-21,25H,4-17H2,1-3H3. The van der Waals surface area contributed by atoms with E-state index in [0.29, 0.717) is 45.0 Å². The van der Waals surface area contributed by atoms with Crippen molar-refractivity contribution in [2.75, 3.05) is 78.8 Å². The SMILES string of the molecule is CC(CC(C)C)=NCCN1CCN(CC(O)COCCCOCC2CO2)CC1. The van der Waals surface area contributed by atoms with Gasteiger partial charge in [0.25, 0.3) is 0 Å². The second-order valence-electron chi connectivity index (χ2n) is 8.47. The number of epoxide rings is 1. The van der Waals surface area contributed by atoms with E-state index < -0.39 is 6.10 Å². The van der Waals surface area contributed by atoms with E-state index in [2.05, 4.69) is 35.6 Å². The number of hydrogen-bond acceptors (Lipinski definition) is 7. The molecule has 164 valence electrons. The summed E-state index contributed by atoms with van der Waals surface area (Å²) in [7, 11) is 0. The molecular formula is C21H41N3O4. The lowest BCUT2D eigenvalue weighted by Gasteiger charge is -2.35. The summed E-state index contributed by atoms with van der Waals surface area (Å²) in [6.07, 6.45) is 1.86. The fourth-order valence-electron chi connectivity index (χ4n) is 3.45. The molecule has 0 radical (unpaired) electrons. The van der Waals surface area contributed by atoms with Gasteiger partial charge in [-0.25, -0.2) is 0 Å². The summed E-state index contributed by atoms with van der Waals surface area (Å²) < 4.78 is 16.1. The number of rotatable bonds is 15. The van der Waals surface area contributed by atoms with E-state index in [-0.39, 0.29) is 0 Å². The van der Waals surface area contributed by atoms with Crippen molar-refractivity contribution in [2.45, 2.75) is 45.8 Å². The first kappa shape index (κ1) is 23.7. The van der Waals surface area contributed by atoms with Crippen LogP contribution in [0, 0.1) is 5.92 Å². The normalized spacial score (nSPS) is 22.8. The number of piperazine rings is 1. The maximum atomic E-state index is 10.2. The zero-order chi connectivity index (χ0) is 20.2. The van der Waals surface area contributed by atoms with E-state index in [9.17, 15) is 5.11 Å². The average molecular weight is 400 g/mol. The van der Waals surface area contributed by atoms with Crippen molar-refractivity contribution in [3.8, 4) is 0 Å². The van der Waals surface area contributed by atoms with E-state index in [4.69, 9.17) is 14.2 Å². The van der Waals surface area contributed by atoms with Gasteiger partial charge in [0.05, 0.1) is 32.5 Å². The number of hydrogen-bond donors (Lipinski definition) is 1. The lowest BCUT2D eigenvalue weighted by molar-refractivity contribution is 0.000578. The maximum Gasteiger partial charge on any atom is 0.104 e. The molecule has 2 aliphatic heterocycles. The van der Waals surface area contributed by atoms with Gasteiger partial charge in [-0.3, -0.25) is 14.8 Å². The fourth-order valence-corrected chi connectivity index (χ4v) is 3.45. The molecule has 1 N–H and O–H groups in total. The molecule has 2 rings (SSSR count). The van der Waals surface area contributed by atoms with Gasteiger partial charge in [-0.1, -0.05) is 13.8 Å². The number of β-amino-alcohol motifs (C(OH)–C–C–N with tert-alkyl or cyclic N) is 1. The van der Waals surface area contributed by atoms with Crippen LogP contribution in [0.25, 0.3) is 0 Å². The van der Waals surface area contributed by atoms with E-state index in [1.807, 2.05) is 0 Å². The summed E-state index contributed by atoms with van der Waals surface area (Å²) in [5, 5.41) is 10.2. The van der Waals surface area contributed by atoms with Gasteiger partial charge in [-0.2, -0.15) is 0 Å². The third-order valence-electron chi connectivity index (χ3n) is 5.03. The van der Waals surface area contributed by atoms with Gasteiger partial charge in [0.2, 0.25) is 0 Å². The largest absolute Gasteiger partial charge is 0.389 e. The fraction of sp³-hybridized carbons (Fsp3) is 0.952. The summed E-state index contributed by atoms with van der Waals surface area (Å²) >= 11 is 0. The highest BCUT2D eigenvalue weighted by Crippen LogP contribution is 2.08. The second kappa shape index (κ2) is 13.6. The molecule has 2 fully saturated rings. The molecule has 7 nitrogen and oxygen atoms in total. The van der Waals surface area contributed by atoms with Crippen molar-refractivity contribution in [2.24, 2.45) is 10.9 Å². The lowest BCUT2D eigenvalue weighted by Crippen LogP contribution is -2.49. The number of aliphatic hydroxyl groups excluding tert-OH is 1. The highest BCUT2D eigenvalue weighted by Gasteiger charge is 2.22. The van der Waals surface area contributed by atoms with Crippen LogP contribution in [0.4, 0.5) is 0 Å². The van der Waals surface area contributed by atoms with Crippen molar-refractivity contribution in [1.82, 2.24) is 9.80 Å². The summed E-state index contributed by atoms with van der Waals surface area (Å²) in [4.78, 5) is 9.49. The van der Waals surface area contributed by atoms with Crippen LogP contribution in [0.1, 0.15) is 33.6 Å². The highest BCUT2D eigenvalue weighted by molar-refractivity contribution is 5.82. The van der Waals surface area contributed by atoms with Crippen LogP contribution in [-0.4, -0.2) is 112 Å². The van der Waals surface area contributed by atoms with E-state index in [0.717, 1.165) is 58.7 Å². The average Bonchev–Trinajstić information content (AvgIpc) is 3.46. The molecule has 0 aromatic rings. The number of nitrogens with zero attached hydrogens (tertiary/aromatic N) is 3. The molecule has 0 amide bonds. The Kier molecular flexibility index (Phi) is 11.5. The predicted octanol–water partition coefficient (Wildman–Crippen LogP) is 1.29. The Bertz CT molecular complexity index is 435. The van der Waals surface area contributed by atoms with Crippen LogP contribution in [-0.2, 0) is 14.2 Å². The molecule has 2 heterocycles. The van der Waals surface area contributed by atoms with Gasteiger partial charge in [-0.15, -0.1) is 0 Å². The molecule has 0 aliphatic carbocycles. The van der Waals surface area contributed by atoms with Gasteiger partial charge in [0.15, 0.2) is 0 Å². The Hall–Kier alpha value is -0.570. The van der Waals surface area contributed by atoms with Crippen LogP contribution in [0.5, 0.6) is 0 Å². The van der Waals surface area contributed by atoms with Crippen LogP contribution >= 0.6 is 0 Å². The summed E-state index contributed by atoms with van der Waals surface area (Å²) in [6.45, 7) is 16.6. The molecule has 7 heteroatoms. The second-order valence-corrected chi connectivity index (χ2v) is 8.47. The minimum absolute atomic E-state index is 0.324. The molecule has 0 aromatic carbocycles. The third kappa shape index (κ3) is 11.4. The number of aliphatic imine (C=N–C) groups is 1. The zero-order valence-corrected chi connectivity index (χ0v) is 18.1.